The predicted octanol–water partition coefficient (Wildman–Crippen LogP) is 5.28. The summed E-state index contributed by atoms with van der Waals surface area (Å²) in [5.74, 6) is 1.73. The summed E-state index contributed by atoms with van der Waals surface area (Å²) in [6, 6.07) is 19.0. The van der Waals surface area contributed by atoms with E-state index in [0.717, 1.165) is 11.1 Å². The number of methoxy groups -OCH3 is 3. The summed E-state index contributed by atoms with van der Waals surface area (Å²) in [5, 5.41) is 4.12. The molecule has 4 rings (SSSR count). The Morgan fingerprint density at radius 1 is 0.974 bits per heavy atom. The van der Waals surface area contributed by atoms with Gasteiger partial charge in [0.1, 0.15) is 5.82 Å². The lowest BCUT2D eigenvalue weighted by Crippen LogP contribution is -2.36. The minimum Gasteiger partial charge on any atom is -0.493 e. The highest BCUT2D eigenvalue weighted by molar-refractivity contribution is 5.79. The van der Waals surface area contributed by atoms with E-state index in [9.17, 15) is 9.18 Å². The molecule has 1 amide bonds. The molecule has 0 saturated heterocycles. The largest absolute Gasteiger partial charge is 0.493 e. The number of halogens is 1. The summed E-state index contributed by atoms with van der Waals surface area (Å²) in [5.41, 5.74) is 2.38. The number of amides is 1. The highest BCUT2D eigenvalue weighted by atomic mass is 19.1. The van der Waals surface area contributed by atoms with Crippen molar-refractivity contribution in [2.75, 3.05) is 27.9 Å². The molecule has 4 aromatic rings. The second-order valence-corrected chi connectivity index (χ2v) is 8.65. The van der Waals surface area contributed by atoms with Crippen LogP contribution in [0.15, 0.2) is 71.3 Å². The van der Waals surface area contributed by atoms with Crippen LogP contribution in [0, 0.1) is 5.82 Å². The fourth-order valence-corrected chi connectivity index (χ4v) is 4.22. The molecule has 8 nitrogen and oxygen atoms in total. The summed E-state index contributed by atoms with van der Waals surface area (Å²) in [6.45, 7) is 2.33. The van der Waals surface area contributed by atoms with E-state index in [-0.39, 0.29) is 24.2 Å². The van der Waals surface area contributed by atoms with Crippen molar-refractivity contribution in [2.24, 2.45) is 0 Å². The van der Waals surface area contributed by atoms with Crippen LogP contribution in [-0.4, -0.2) is 48.8 Å². The van der Waals surface area contributed by atoms with Gasteiger partial charge >= 0.3 is 0 Å². The van der Waals surface area contributed by atoms with Crippen molar-refractivity contribution in [1.82, 2.24) is 15.0 Å². The quantitative estimate of drug-likeness (QED) is 0.267. The Labute approximate surface area is 220 Å². The SMILES string of the molecule is COc1cc(-c2noc(CCN(C(=O)Cc3ccc(F)cc3)C(C)c3ccccc3)n2)cc(OC)c1OC. The van der Waals surface area contributed by atoms with Crippen molar-refractivity contribution in [3.8, 4) is 28.6 Å². The van der Waals surface area contributed by atoms with Gasteiger partial charge in [-0.15, -0.1) is 0 Å². The Balaban J connectivity index is 1.54. The average molecular weight is 520 g/mol. The van der Waals surface area contributed by atoms with Crippen LogP contribution in [0.4, 0.5) is 4.39 Å². The summed E-state index contributed by atoms with van der Waals surface area (Å²) < 4.78 is 35.1. The maximum absolute atomic E-state index is 13.4. The van der Waals surface area contributed by atoms with Crippen LogP contribution in [0.1, 0.15) is 30.0 Å². The molecule has 38 heavy (non-hydrogen) atoms. The highest BCUT2D eigenvalue weighted by Crippen LogP contribution is 2.40. The Hall–Kier alpha value is -4.40. The first kappa shape index (κ1) is 26.7. The van der Waals surface area contributed by atoms with E-state index in [1.165, 1.54) is 33.5 Å². The van der Waals surface area contributed by atoms with Crippen molar-refractivity contribution in [3.63, 3.8) is 0 Å². The first-order valence-corrected chi connectivity index (χ1v) is 12.1. The van der Waals surface area contributed by atoms with Crippen LogP contribution in [0.25, 0.3) is 11.4 Å². The fraction of sp³-hybridized carbons (Fsp3) is 0.276. The number of carbonyl (C=O) groups excluding carboxylic acids is 1. The lowest BCUT2D eigenvalue weighted by molar-refractivity contribution is -0.132. The number of hydrogen-bond donors (Lipinski definition) is 0. The first-order valence-electron chi connectivity index (χ1n) is 12.1. The van der Waals surface area contributed by atoms with E-state index in [4.69, 9.17) is 18.7 Å². The van der Waals surface area contributed by atoms with E-state index in [1.807, 2.05) is 37.3 Å². The van der Waals surface area contributed by atoms with Crippen molar-refractivity contribution >= 4 is 5.91 Å². The topological polar surface area (TPSA) is 86.9 Å². The highest BCUT2D eigenvalue weighted by Gasteiger charge is 2.23. The van der Waals surface area contributed by atoms with Crippen LogP contribution < -0.4 is 14.2 Å². The standard InChI is InChI=1S/C29H30FN3O5/c1-19(21-8-6-5-7-9-21)33(27(34)16-20-10-12-23(30)13-11-20)15-14-26-31-29(32-38-26)22-17-24(35-2)28(37-4)25(18-22)36-3/h5-13,17-19H,14-16H2,1-4H3. The van der Waals surface area contributed by atoms with E-state index in [2.05, 4.69) is 10.1 Å². The van der Waals surface area contributed by atoms with Gasteiger partial charge in [-0.05, 0) is 42.3 Å². The molecular weight excluding hydrogens is 489 g/mol. The predicted molar refractivity (Wildman–Crippen MR) is 140 cm³/mol. The number of aromatic nitrogens is 2. The molecule has 0 aliphatic rings. The van der Waals surface area contributed by atoms with Crippen molar-refractivity contribution in [1.29, 1.82) is 0 Å². The number of benzene rings is 3. The Morgan fingerprint density at radius 2 is 1.63 bits per heavy atom. The summed E-state index contributed by atoms with van der Waals surface area (Å²) in [6.07, 6.45) is 0.502. The van der Waals surface area contributed by atoms with E-state index < -0.39 is 0 Å². The molecule has 0 fully saturated rings. The van der Waals surface area contributed by atoms with Gasteiger partial charge in [-0.1, -0.05) is 47.6 Å². The number of hydrogen-bond acceptors (Lipinski definition) is 7. The van der Waals surface area contributed by atoms with Crippen LogP contribution in [0.5, 0.6) is 17.2 Å². The summed E-state index contributed by atoms with van der Waals surface area (Å²) >= 11 is 0. The van der Waals surface area contributed by atoms with Crippen LogP contribution >= 0.6 is 0 Å². The molecule has 9 heteroatoms. The molecule has 0 spiro atoms. The Morgan fingerprint density at radius 3 is 2.24 bits per heavy atom. The number of carbonyl (C=O) groups is 1. The van der Waals surface area contributed by atoms with Gasteiger partial charge in [0, 0.05) is 18.5 Å². The molecular formula is C29H30FN3O5. The zero-order valence-electron chi connectivity index (χ0n) is 21.8. The van der Waals surface area contributed by atoms with E-state index in [0.29, 0.717) is 47.5 Å². The van der Waals surface area contributed by atoms with Crippen molar-refractivity contribution in [3.05, 3.63) is 89.6 Å². The molecule has 1 atom stereocenters. The molecule has 198 valence electrons. The molecule has 0 radical (unpaired) electrons. The maximum atomic E-state index is 13.4. The lowest BCUT2D eigenvalue weighted by atomic mass is 10.0. The van der Waals surface area contributed by atoms with Crippen LogP contribution in [0.2, 0.25) is 0 Å². The second kappa shape index (κ2) is 12.2. The Kier molecular flexibility index (Phi) is 8.58. The van der Waals surface area contributed by atoms with Crippen molar-refractivity contribution in [2.45, 2.75) is 25.8 Å². The van der Waals surface area contributed by atoms with Crippen LogP contribution in [-0.2, 0) is 17.6 Å². The molecule has 1 heterocycles. The van der Waals surface area contributed by atoms with E-state index in [1.54, 1.807) is 29.2 Å². The zero-order valence-corrected chi connectivity index (χ0v) is 21.8. The Bertz CT molecular complexity index is 1330. The second-order valence-electron chi connectivity index (χ2n) is 8.65. The number of rotatable bonds is 11. The minimum absolute atomic E-state index is 0.0858. The third kappa shape index (κ3) is 6.11. The lowest BCUT2D eigenvalue weighted by Gasteiger charge is -2.29. The van der Waals surface area contributed by atoms with Gasteiger partial charge in [0.05, 0.1) is 33.8 Å². The average Bonchev–Trinajstić information content (AvgIpc) is 3.43. The third-order valence-electron chi connectivity index (χ3n) is 6.30. The first-order chi connectivity index (χ1) is 18.4. The number of nitrogens with zero attached hydrogens (tertiary/aromatic N) is 3. The summed E-state index contributed by atoms with van der Waals surface area (Å²) in [4.78, 5) is 19.7. The zero-order chi connectivity index (χ0) is 27.1. The van der Waals surface area contributed by atoms with Gasteiger partial charge in [0.2, 0.25) is 23.4 Å². The summed E-state index contributed by atoms with van der Waals surface area (Å²) in [7, 11) is 4.61. The molecule has 1 unspecified atom stereocenters. The van der Waals surface area contributed by atoms with Gasteiger partial charge in [-0.2, -0.15) is 4.98 Å². The minimum atomic E-state index is -0.338. The molecule has 0 aliphatic carbocycles. The number of ether oxygens (including phenoxy) is 3. The van der Waals surface area contributed by atoms with Gasteiger partial charge in [-0.25, -0.2) is 4.39 Å². The maximum Gasteiger partial charge on any atom is 0.228 e. The molecule has 0 bridgehead atoms. The molecule has 3 aromatic carbocycles. The molecule has 1 aromatic heterocycles. The van der Waals surface area contributed by atoms with Crippen molar-refractivity contribution < 1.29 is 27.9 Å². The fourth-order valence-electron chi connectivity index (χ4n) is 4.22. The third-order valence-corrected chi connectivity index (χ3v) is 6.30. The van der Waals surface area contributed by atoms with Gasteiger partial charge in [0.25, 0.3) is 0 Å². The normalized spacial score (nSPS) is 11.6. The molecule has 0 aliphatic heterocycles. The molecule has 0 saturated carbocycles. The van der Waals surface area contributed by atoms with Gasteiger partial charge in [0.15, 0.2) is 11.5 Å². The van der Waals surface area contributed by atoms with Gasteiger partial charge in [-0.3, -0.25) is 4.79 Å². The smallest absolute Gasteiger partial charge is 0.228 e. The van der Waals surface area contributed by atoms with Gasteiger partial charge < -0.3 is 23.6 Å². The van der Waals surface area contributed by atoms with Crippen LogP contribution in [0.3, 0.4) is 0 Å². The van der Waals surface area contributed by atoms with E-state index >= 15 is 0 Å². The molecule has 0 N–H and O–H groups in total. The monoisotopic (exact) mass is 519 g/mol.